The van der Waals surface area contributed by atoms with Gasteiger partial charge in [0.05, 0.1) is 19.3 Å². The van der Waals surface area contributed by atoms with Gasteiger partial charge >= 0.3 is 5.97 Å². The molecule has 1 heterocycles. The minimum Gasteiger partial charge on any atom is -0.481 e. The smallest absolute Gasteiger partial charge is 0.303 e. The molecule has 25 heavy (non-hydrogen) atoms. The number of ether oxygens (including phenoxy) is 1. The standard InChI is InChI=1S/C21H34O4/c22-20(14-17-8-4-3-5-9-17)13-12-19-16-25-15-18(19)10-6-1-2-7-11-21(23)24/h1,6,12-13,17-20,22H,2-5,7-11,14-16H2,(H,23,24)/b6-1-,13-12+/t18-,19+,20?/m0/s1. The second-order valence-electron chi connectivity index (χ2n) is 7.65. The van der Waals surface area contributed by atoms with E-state index in [1.54, 1.807) is 0 Å². The highest BCUT2D eigenvalue weighted by Crippen LogP contribution is 2.29. The first kappa shape index (κ1) is 20.2. The summed E-state index contributed by atoms with van der Waals surface area (Å²) in [5, 5.41) is 18.9. The summed E-state index contributed by atoms with van der Waals surface area (Å²) in [6.45, 7) is 1.51. The number of aliphatic carboxylic acids is 1. The molecule has 3 atom stereocenters. The topological polar surface area (TPSA) is 66.8 Å². The molecule has 1 saturated carbocycles. The fraction of sp³-hybridized carbons (Fsp3) is 0.762. The van der Waals surface area contributed by atoms with Gasteiger partial charge in [0.15, 0.2) is 0 Å². The molecule has 0 aromatic heterocycles. The number of carboxylic acid groups (broad SMARTS) is 1. The maximum atomic E-state index is 10.5. The van der Waals surface area contributed by atoms with Gasteiger partial charge in [-0.05, 0) is 37.5 Å². The van der Waals surface area contributed by atoms with Gasteiger partial charge in [0.25, 0.3) is 0 Å². The van der Waals surface area contributed by atoms with Crippen molar-refractivity contribution in [2.45, 2.75) is 70.3 Å². The molecule has 1 saturated heterocycles. The zero-order valence-electron chi connectivity index (χ0n) is 15.3. The van der Waals surface area contributed by atoms with Gasteiger partial charge in [0.2, 0.25) is 0 Å². The number of unbranched alkanes of at least 4 members (excludes halogenated alkanes) is 1. The average molecular weight is 350 g/mol. The summed E-state index contributed by atoms with van der Waals surface area (Å²) in [5.41, 5.74) is 0. The van der Waals surface area contributed by atoms with E-state index in [4.69, 9.17) is 9.84 Å². The number of rotatable bonds is 10. The zero-order chi connectivity index (χ0) is 17.9. The van der Waals surface area contributed by atoms with Gasteiger partial charge in [-0.15, -0.1) is 0 Å². The van der Waals surface area contributed by atoms with Gasteiger partial charge in [0, 0.05) is 12.3 Å². The van der Waals surface area contributed by atoms with E-state index in [2.05, 4.69) is 18.2 Å². The Bertz CT molecular complexity index is 437. The SMILES string of the molecule is O=C(O)CCC/C=C\C[C@H]1COC[C@H]1/C=C/C(O)CC1CCCCC1. The summed E-state index contributed by atoms with van der Waals surface area (Å²) >= 11 is 0. The Morgan fingerprint density at radius 1 is 1.16 bits per heavy atom. The first-order chi connectivity index (χ1) is 12.1. The summed E-state index contributed by atoms with van der Waals surface area (Å²) < 4.78 is 5.62. The van der Waals surface area contributed by atoms with Crippen LogP contribution in [-0.4, -0.2) is 35.5 Å². The van der Waals surface area contributed by atoms with Gasteiger partial charge in [-0.2, -0.15) is 0 Å². The van der Waals surface area contributed by atoms with Crippen molar-refractivity contribution in [1.29, 1.82) is 0 Å². The summed E-state index contributed by atoms with van der Waals surface area (Å²) in [7, 11) is 0. The van der Waals surface area contributed by atoms with Crippen LogP contribution in [0.25, 0.3) is 0 Å². The third kappa shape index (κ3) is 8.19. The minimum absolute atomic E-state index is 0.237. The van der Waals surface area contributed by atoms with Crippen molar-refractivity contribution in [2.24, 2.45) is 17.8 Å². The lowest BCUT2D eigenvalue weighted by Gasteiger charge is -2.23. The Kier molecular flexibility index (Phi) is 9.27. The predicted molar refractivity (Wildman–Crippen MR) is 99.4 cm³/mol. The highest BCUT2D eigenvalue weighted by Gasteiger charge is 2.25. The Balaban J connectivity index is 1.67. The first-order valence-electron chi connectivity index (χ1n) is 9.96. The van der Waals surface area contributed by atoms with Crippen LogP contribution in [0.1, 0.15) is 64.2 Å². The normalized spacial score (nSPS) is 26.6. The number of carboxylic acids is 1. The highest BCUT2D eigenvalue weighted by atomic mass is 16.5. The van der Waals surface area contributed by atoms with E-state index in [0.717, 1.165) is 32.5 Å². The molecule has 0 aromatic rings. The number of carbonyl (C=O) groups is 1. The van der Waals surface area contributed by atoms with Crippen LogP contribution in [-0.2, 0) is 9.53 Å². The molecule has 0 spiro atoms. The van der Waals surface area contributed by atoms with Gasteiger partial charge < -0.3 is 14.9 Å². The van der Waals surface area contributed by atoms with Crippen molar-refractivity contribution >= 4 is 5.97 Å². The summed E-state index contributed by atoms with van der Waals surface area (Å²) in [5.74, 6) is 0.811. The van der Waals surface area contributed by atoms with Crippen LogP contribution < -0.4 is 0 Å². The van der Waals surface area contributed by atoms with Crippen LogP contribution >= 0.6 is 0 Å². The third-order valence-electron chi connectivity index (χ3n) is 5.49. The molecule has 4 heteroatoms. The lowest BCUT2D eigenvalue weighted by Crippen LogP contribution is -2.15. The molecule has 2 aliphatic rings. The van der Waals surface area contributed by atoms with E-state index >= 15 is 0 Å². The quantitative estimate of drug-likeness (QED) is 0.454. The van der Waals surface area contributed by atoms with Crippen molar-refractivity contribution < 1.29 is 19.7 Å². The van der Waals surface area contributed by atoms with Gasteiger partial charge in [-0.25, -0.2) is 0 Å². The molecule has 2 rings (SSSR count). The number of hydrogen-bond acceptors (Lipinski definition) is 3. The fourth-order valence-corrected chi connectivity index (χ4v) is 3.94. The molecule has 0 amide bonds. The number of aliphatic hydroxyl groups excluding tert-OH is 1. The monoisotopic (exact) mass is 350 g/mol. The second kappa shape index (κ2) is 11.5. The molecule has 4 nitrogen and oxygen atoms in total. The summed E-state index contributed by atoms with van der Waals surface area (Å²) in [4.78, 5) is 10.5. The molecule has 1 aliphatic carbocycles. The summed E-state index contributed by atoms with van der Waals surface area (Å²) in [6.07, 6.45) is 18.2. The molecular formula is C21H34O4. The van der Waals surface area contributed by atoms with Crippen LogP contribution in [0.5, 0.6) is 0 Å². The Labute approximate surface area is 152 Å². The van der Waals surface area contributed by atoms with Crippen molar-refractivity contribution in [3.8, 4) is 0 Å². The van der Waals surface area contributed by atoms with E-state index < -0.39 is 5.97 Å². The van der Waals surface area contributed by atoms with E-state index in [1.807, 2.05) is 6.08 Å². The molecule has 0 aromatic carbocycles. The highest BCUT2D eigenvalue weighted by molar-refractivity contribution is 5.66. The molecule has 142 valence electrons. The van der Waals surface area contributed by atoms with E-state index in [1.165, 1.54) is 32.1 Å². The van der Waals surface area contributed by atoms with E-state index in [0.29, 0.717) is 24.2 Å². The molecular weight excluding hydrogens is 316 g/mol. The predicted octanol–water partition coefficient (Wildman–Crippen LogP) is 4.34. The van der Waals surface area contributed by atoms with Crippen molar-refractivity contribution in [2.75, 3.05) is 13.2 Å². The van der Waals surface area contributed by atoms with E-state index in [-0.39, 0.29) is 12.5 Å². The van der Waals surface area contributed by atoms with Crippen LogP contribution in [0.15, 0.2) is 24.3 Å². The van der Waals surface area contributed by atoms with Gasteiger partial charge in [-0.1, -0.05) is 56.4 Å². The van der Waals surface area contributed by atoms with Gasteiger partial charge in [0.1, 0.15) is 0 Å². The molecule has 1 aliphatic heterocycles. The maximum absolute atomic E-state index is 10.5. The molecule has 1 unspecified atom stereocenters. The van der Waals surface area contributed by atoms with Gasteiger partial charge in [-0.3, -0.25) is 4.79 Å². The average Bonchev–Trinajstić information content (AvgIpc) is 3.04. The maximum Gasteiger partial charge on any atom is 0.303 e. The number of allylic oxidation sites excluding steroid dienone is 2. The lowest BCUT2D eigenvalue weighted by atomic mass is 9.85. The molecule has 0 radical (unpaired) electrons. The largest absolute Gasteiger partial charge is 0.481 e. The Morgan fingerprint density at radius 3 is 2.72 bits per heavy atom. The molecule has 0 bridgehead atoms. The third-order valence-corrected chi connectivity index (χ3v) is 5.49. The molecule has 2 N–H and O–H groups in total. The number of hydrogen-bond donors (Lipinski definition) is 2. The zero-order valence-corrected chi connectivity index (χ0v) is 15.3. The Morgan fingerprint density at radius 2 is 1.96 bits per heavy atom. The number of aliphatic hydroxyl groups is 1. The Hall–Kier alpha value is -1.13. The van der Waals surface area contributed by atoms with Crippen molar-refractivity contribution in [3.63, 3.8) is 0 Å². The molecule has 2 fully saturated rings. The van der Waals surface area contributed by atoms with Crippen molar-refractivity contribution in [1.82, 2.24) is 0 Å². The van der Waals surface area contributed by atoms with Crippen LogP contribution in [0.3, 0.4) is 0 Å². The second-order valence-corrected chi connectivity index (χ2v) is 7.65. The lowest BCUT2D eigenvalue weighted by molar-refractivity contribution is -0.137. The summed E-state index contributed by atoms with van der Waals surface area (Å²) in [6, 6.07) is 0. The minimum atomic E-state index is -0.727. The van der Waals surface area contributed by atoms with Crippen LogP contribution in [0.2, 0.25) is 0 Å². The fourth-order valence-electron chi connectivity index (χ4n) is 3.94. The van der Waals surface area contributed by atoms with Crippen LogP contribution in [0, 0.1) is 17.8 Å². The van der Waals surface area contributed by atoms with Crippen molar-refractivity contribution in [3.05, 3.63) is 24.3 Å². The van der Waals surface area contributed by atoms with E-state index in [9.17, 15) is 9.90 Å². The first-order valence-corrected chi connectivity index (χ1v) is 9.96. The van der Waals surface area contributed by atoms with Crippen LogP contribution in [0.4, 0.5) is 0 Å².